The van der Waals surface area contributed by atoms with Gasteiger partial charge in [-0.05, 0) is 31.9 Å². The van der Waals surface area contributed by atoms with E-state index in [1.54, 1.807) is 13.2 Å². The number of amides is 1. The summed E-state index contributed by atoms with van der Waals surface area (Å²) >= 11 is 1.42. The maximum Gasteiger partial charge on any atom is 0.274 e. The first kappa shape index (κ1) is 13.3. The fraction of sp³-hybridized carbons (Fsp3) is 0.308. The Kier molecular flexibility index (Phi) is 3.40. The quantitative estimate of drug-likeness (QED) is 0.914. The van der Waals surface area contributed by atoms with Crippen molar-refractivity contribution in [3.63, 3.8) is 0 Å². The monoisotopic (exact) mass is 274 g/mol. The number of aryl methyl sites for hydroxylation is 3. The molecule has 98 valence electrons. The minimum atomic E-state index is -0.241. The average molecular weight is 274 g/mol. The molecule has 0 aliphatic heterocycles. The van der Waals surface area contributed by atoms with Crippen molar-refractivity contribution >= 4 is 22.2 Å². The van der Waals surface area contributed by atoms with Crippen LogP contribution in [-0.2, 0) is 7.05 Å². The second-order valence-corrected chi connectivity index (χ2v) is 5.58. The Balaban J connectivity index is 2.35. The average Bonchev–Trinajstić information content (AvgIpc) is 2.81. The fourth-order valence-electron chi connectivity index (χ4n) is 1.89. The Morgan fingerprint density at radius 3 is 2.68 bits per heavy atom. The molecule has 0 radical (unpaired) electrons. The van der Waals surface area contributed by atoms with E-state index in [-0.39, 0.29) is 5.91 Å². The predicted octanol–water partition coefficient (Wildman–Crippen LogP) is 2.53. The summed E-state index contributed by atoms with van der Waals surface area (Å²) in [7, 11) is 1.72. The molecule has 0 aliphatic rings. The summed E-state index contributed by atoms with van der Waals surface area (Å²) in [5, 5.41) is 16.6. The van der Waals surface area contributed by atoms with Crippen LogP contribution in [0, 0.1) is 32.1 Å². The van der Waals surface area contributed by atoms with Gasteiger partial charge in [0, 0.05) is 11.9 Å². The van der Waals surface area contributed by atoms with E-state index in [0.717, 1.165) is 16.0 Å². The van der Waals surface area contributed by atoms with Gasteiger partial charge in [0.05, 0.1) is 11.8 Å². The molecule has 6 heteroatoms. The van der Waals surface area contributed by atoms with Crippen LogP contribution in [0.25, 0.3) is 0 Å². The first-order chi connectivity index (χ1) is 8.95. The molecule has 2 aromatic heterocycles. The maximum absolute atomic E-state index is 12.2. The summed E-state index contributed by atoms with van der Waals surface area (Å²) < 4.78 is 1.53. The van der Waals surface area contributed by atoms with Gasteiger partial charge in [0.1, 0.15) is 16.8 Å². The highest BCUT2D eigenvalue weighted by molar-refractivity contribution is 7.16. The van der Waals surface area contributed by atoms with Crippen molar-refractivity contribution in [2.75, 3.05) is 5.32 Å². The predicted molar refractivity (Wildman–Crippen MR) is 74.4 cm³/mol. The summed E-state index contributed by atoms with van der Waals surface area (Å²) in [6.07, 6.45) is 1.64. The molecule has 1 amide bonds. The minimum Gasteiger partial charge on any atom is -0.311 e. The van der Waals surface area contributed by atoms with Gasteiger partial charge in [-0.25, -0.2) is 0 Å². The molecule has 0 aliphatic carbocycles. The largest absolute Gasteiger partial charge is 0.311 e. The van der Waals surface area contributed by atoms with Crippen molar-refractivity contribution < 1.29 is 4.79 Å². The van der Waals surface area contributed by atoms with E-state index in [4.69, 9.17) is 5.26 Å². The lowest BCUT2D eigenvalue weighted by atomic mass is 10.2. The highest BCUT2D eigenvalue weighted by Crippen LogP contribution is 2.32. The number of hydrogen-bond acceptors (Lipinski definition) is 4. The maximum atomic E-state index is 12.2. The van der Waals surface area contributed by atoms with Crippen LogP contribution in [0.4, 0.5) is 5.00 Å². The van der Waals surface area contributed by atoms with Crippen molar-refractivity contribution in [2.24, 2.45) is 7.05 Å². The van der Waals surface area contributed by atoms with Crippen LogP contribution in [0.3, 0.4) is 0 Å². The highest BCUT2D eigenvalue weighted by atomic mass is 32.1. The Morgan fingerprint density at radius 1 is 1.47 bits per heavy atom. The number of nitrogens with zero attached hydrogens (tertiary/aromatic N) is 3. The minimum absolute atomic E-state index is 0.241. The summed E-state index contributed by atoms with van der Waals surface area (Å²) in [6, 6.07) is 2.14. The molecule has 1 N–H and O–H groups in total. The molecule has 0 unspecified atom stereocenters. The SMILES string of the molecule is Cc1cnn(C)c1C(=O)Nc1sc(C)c(C)c1C#N. The van der Waals surface area contributed by atoms with Gasteiger partial charge in [-0.1, -0.05) is 0 Å². The van der Waals surface area contributed by atoms with Gasteiger partial charge in [0.25, 0.3) is 5.91 Å². The number of thiophene rings is 1. The summed E-state index contributed by atoms with van der Waals surface area (Å²) in [6.45, 7) is 5.65. The molecule has 2 aromatic rings. The van der Waals surface area contributed by atoms with Crippen LogP contribution in [0.2, 0.25) is 0 Å². The molecule has 19 heavy (non-hydrogen) atoms. The molecule has 2 heterocycles. The van der Waals surface area contributed by atoms with E-state index in [1.165, 1.54) is 16.0 Å². The van der Waals surface area contributed by atoms with E-state index < -0.39 is 0 Å². The van der Waals surface area contributed by atoms with Crippen LogP contribution < -0.4 is 5.32 Å². The van der Waals surface area contributed by atoms with Crippen LogP contribution in [0.1, 0.15) is 32.1 Å². The molecular formula is C13H14N4OS. The molecule has 0 saturated carbocycles. The number of rotatable bonds is 2. The third-order valence-electron chi connectivity index (χ3n) is 3.06. The number of anilines is 1. The van der Waals surface area contributed by atoms with E-state index in [9.17, 15) is 4.79 Å². The Hall–Kier alpha value is -2.13. The number of nitriles is 1. The molecule has 0 spiro atoms. The Labute approximate surface area is 115 Å². The molecule has 0 bridgehead atoms. The van der Waals surface area contributed by atoms with Gasteiger partial charge < -0.3 is 5.32 Å². The van der Waals surface area contributed by atoms with Crippen molar-refractivity contribution in [3.05, 3.63) is 33.5 Å². The normalized spacial score (nSPS) is 10.3. The van der Waals surface area contributed by atoms with E-state index >= 15 is 0 Å². The second-order valence-electron chi connectivity index (χ2n) is 4.35. The summed E-state index contributed by atoms with van der Waals surface area (Å²) in [5.74, 6) is -0.241. The number of carbonyl (C=O) groups excluding carboxylic acids is 1. The van der Waals surface area contributed by atoms with Gasteiger partial charge in [-0.2, -0.15) is 10.4 Å². The molecule has 0 fully saturated rings. The topological polar surface area (TPSA) is 70.7 Å². The first-order valence-corrected chi connectivity index (χ1v) is 6.57. The van der Waals surface area contributed by atoms with Crippen LogP contribution >= 0.6 is 11.3 Å². The van der Waals surface area contributed by atoms with Crippen LogP contribution in [-0.4, -0.2) is 15.7 Å². The van der Waals surface area contributed by atoms with Gasteiger partial charge >= 0.3 is 0 Å². The van der Waals surface area contributed by atoms with Crippen molar-refractivity contribution in [1.29, 1.82) is 5.26 Å². The lowest BCUT2D eigenvalue weighted by molar-refractivity contribution is 0.101. The standard InChI is InChI=1S/C13H14N4OS/c1-7-6-15-17(4)11(7)12(18)16-13-10(5-14)8(2)9(3)19-13/h6H,1-4H3,(H,16,18). The van der Waals surface area contributed by atoms with E-state index in [2.05, 4.69) is 16.5 Å². The van der Waals surface area contributed by atoms with E-state index in [0.29, 0.717) is 16.3 Å². The lowest BCUT2D eigenvalue weighted by Crippen LogP contribution is -2.17. The smallest absolute Gasteiger partial charge is 0.274 e. The van der Waals surface area contributed by atoms with Gasteiger partial charge in [-0.3, -0.25) is 9.48 Å². The number of aromatic nitrogens is 2. The second kappa shape index (κ2) is 4.86. The third-order valence-corrected chi connectivity index (χ3v) is 4.18. The zero-order valence-electron chi connectivity index (χ0n) is 11.2. The zero-order valence-corrected chi connectivity index (χ0v) is 12.1. The Bertz CT molecular complexity index is 671. The van der Waals surface area contributed by atoms with E-state index in [1.807, 2.05) is 20.8 Å². The summed E-state index contributed by atoms with van der Waals surface area (Å²) in [5.41, 5.74) is 2.77. The molecule has 5 nitrogen and oxygen atoms in total. The molecule has 0 saturated heterocycles. The zero-order chi connectivity index (χ0) is 14.2. The third kappa shape index (κ3) is 2.25. The van der Waals surface area contributed by atoms with Crippen molar-refractivity contribution in [2.45, 2.75) is 20.8 Å². The van der Waals surface area contributed by atoms with Gasteiger partial charge in [-0.15, -0.1) is 11.3 Å². The highest BCUT2D eigenvalue weighted by Gasteiger charge is 2.18. The van der Waals surface area contributed by atoms with Gasteiger partial charge in [0.2, 0.25) is 0 Å². The van der Waals surface area contributed by atoms with Crippen molar-refractivity contribution in [3.8, 4) is 6.07 Å². The molecular weight excluding hydrogens is 260 g/mol. The van der Waals surface area contributed by atoms with Crippen molar-refractivity contribution in [1.82, 2.24) is 9.78 Å². The van der Waals surface area contributed by atoms with Crippen LogP contribution in [0.5, 0.6) is 0 Å². The number of nitrogens with one attached hydrogen (secondary N) is 1. The summed E-state index contributed by atoms with van der Waals surface area (Å²) in [4.78, 5) is 13.3. The van der Waals surface area contributed by atoms with Crippen LogP contribution in [0.15, 0.2) is 6.20 Å². The fourth-order valence-corrected chi connectivity index (χ4v) is 2.89. The molecule has 0 atom stereocenters. The molecule has 0 aromatic carbocycles. The Morgan fingerprint density at radius 2 is 2.16 bits per heavy atom. The lowest BCUT2D eigenvalue weighted by Gasteiger charge is -2.05. The number of carbonyl (C=O) groups is 1. The first-order valence-electron chi connectivity index (χ1n) is 5.75. The molecule has 2 rings (SSSR count). The van der Waals surface area contributed by atoms with Gasteiger partial charge in [0.15, 0.2) is 0 Å². The number of hydrogen-bond donors (Lipinski definition) is 1.